The van der Waals surface area contributed by atoms with Crippen molar-refractivity contribution in [3.05, 3.63) is 38.9 Å². The molecule has 0 spiro atoms. The van der Waals surface area contributed by atoms with Gasteiger partial charge in [-0.1, -0.05) is 0 Å². The lowest BCUT2D eigenvalue weighted by Crippen LogP contribution is -2.28. The second kappa shape index (κ2) is 4.74. The molecule has 90 valence electrons. The van der Waals surface area contributed by atoms with E-state index in [4.69, 9.17) is 0 Å². The van der Waals surface area contributed by atoms with Gasteiger partial charge in [0.2, 0.25) is 0 Å². The number of hydrogen-bond acceptors (Lipinski definition) is 4. The first-order valence-corrected chi connectivity index (χ1v) is 6.97. The molecule has 1 N–H and O–H groups in total. The zero-order valence-electron chi connectivity index (χ0n) is 9.99. The largest absolute Gasteiger partial charge is 0.358 e. The summed E-state index contributed by atoms with van der Waals surface area (Å²) in [5, 5.41) is 6.45. The van der Waals surface area contributed by atoms with E-state index in [0.717, 1.165) is 20.9 Å². The maximum absolute atomic E-state index is 4.35. The molecule has 2 heterocycles. The molecular weight excluding hydrogens is 298 g/mol. The van der Waals surface area contributed by atoms with Gasteiger partial charge in [-0.05, 0) is 48.3 Å². The minimum Gasteiger partial charge on any atom is -0.358 e. The van der Waals surface area contributed by atoms with E-state index in [1.807, 2.05) is 24.6 Å². The molecular formula is C12H14BrN3S. The molecule has 0 unspecified atom stereocenters. The number of aryl methyl sites for hydroxylation is 1. The maximum Gasteiger partial charge on any atom is 0.141 e. The fraction of sp³-hybridized carbons (Fsp3) is 0.333. The molecule has 0 bridgehead atoms. The molecule has 0 atom stereocenters. The van der Waals surface area contributed by atoms with E-state index in [1.54, 1.807) is 17.5 Å². The van der Waals surface area contributed by atoms with Crippen LogP contribution in [0, 0.1) is 6.92 Å². The fourth-order valence-corrected chi connectivity index (χ4v) is 2.56. The zero-order valence-corrected chi connectivity index (χ0v) is 12.4. The molecule has 2 aromatic rings. The SMILES string of the molecule is Cc1ccnc(NC(C)(C)c2nccs2)c1Br. The van der Waals surface area contributed by atoms with Gasteiger partial charge in [-0.3, -0.25) is 0 Å². The van der Waals surface area contributed by atoms with Gasteiger partial charge < -0.3 is 5.32 Å². The van der Waals surface area contributed by atoms with E-state index in [0.29, 0.717) is 0 Å². The number of halogens is 1. The minimum atomic E-state index is -0.225. The number of pyridine rings is 1. The summed E-state index contributed by atoms with van der Waals surface area (Å²) in [5.74, 6) is 0.852. The first-order chi connectivity index (χ1) is 8.00. The summed E-state index contributed by atoms with van der Waals surface area (Å²) >= 11 is 5.20. The van der Waals surface area contributed by atoms with E-state index in [9.17, 15) is 0 Å². The number of hydrogen-bond donors (Lipinski definition) is 1. The van der Waals surface area contributed by atoms with Crippen LogP contribution in [-0.4, -0.2) is 9.97 Å². The summed E-state index contributed by atoms with van der Waals surface area (Å²) in [6.07, 6.45) is 3.63. The standard InChI is InChI=1S/C12H14BrN3S/c1-8-4-5-14-10(9(8)13)16-12(2,3)11-15-6-7-17-11/h4-7H,1-3H3,(H,14,16). The fourth-order valence-electron chi connectivity index (χ4n) is 1.51. The molecule has 2 rings (SSSR count). The van der Waals surface area contributed by atoms with Crippen molar-refractivity contribution < 1.29 is 0 Å². The summed E-state index contributed by atoms with van der Waals surface area (Å²) in [5.41, 5.74) is 0.940. The molecule has 0 radical (unpaired) electrons. The quantitative estimate of drug-likeness (QED) is 0.932. The van der Waals surface area contributed by atoms with Crippen LogP contribution in [0.3, 0.4) is 0 Å². The van der Waals surface area contributed by atoms with Crippen molar-refractivity contribution in [2.45, 2.75) is 26.3 Å². The van der Waals surface area contributed by atoms with E-state index < -0.39 is 0 Å². The normalized spacial score (nSPS) is 11.5. The first kappa shape index (κ1) is 12.5. The van der Waals surface area contributed by atoms with Crippen LogP contribution in [0.5, 0.6) is 0 Å². The van der Waals surface area contributed by atoms with Crippen LogP contribution in [0.4, 0.5) is 5.82 Å². The smallest absolute Gasteiger partial charge is 0.141 e. The van der Waals surface area contributed by atoms with Crippen molar-refractivity contribution in [1.82, 2.24) is 9.97 Å². The average molecular weight is 312 g/mol. The number of rotatable bonds is 3. The third kappa shape index (κ3) is 2.66. The van der Waals surface area contributed by atoms with E-state index in [1.165, 1.54) is 0 Å². The van der Waals surface area contributed by atoms with E-state index in [-0.39, 0.29) is 5.54 Å². The van der Waals surface area contributed by atoms with Gasteiger partial charge >= 0.3 is 0 Å². The van der Waals surface area contributed by atoms with Gasteiger partial charge in [0, 0.05) is 17.8 Å². The van der Waals surface area contributed by atoms with Crippen molar-refractivity contribution in [2.75, 3.05) is 5.32 Å². The molecule has 0 saturated heterocycles. The number of thiazole rings is 1. The van der Waals surface area contributed by atoms with Gasteiger partial charge in [-0.25, -0.2) is 9.97 Å². The average Bonchev–Trinajstić information content (AvgIpc) is 2.78. The van der Waals surface area contributed by atoms with Gasteiger partial charge in [-0.2, -0.15) is 0 Å². The highest BCUT2D eigenvalue weighted by atomic mass is 79.9. The van der Waals surface area contributed by atoms with Crippen LogP contribution in [-0.2, 0) is 5.54 Å². The van der Waals surface area contributed by atoms with Crippen LogP contribution < -0.4 is 5.32 Å². The Morgan fingerprint density at radius 1 is 1.29 bits per heavy atom. The van der Waals surface area contributed by atoms with Crippen molar-refractivity contribution in [3.63, 3.8) is 0 Å². The molecule has 0 fully saturated rings. The molecule has 17 heavy (non-hydrogen) atoms. The van der Waals surface area contributed by atoms with E-state index in [2.05, 4.69) is 45.1 Å². The first-order valence-electron chi connectivity index (χ1n) is 5.30. The van der Waals surface area contributed by atoms with Crippen LogP contribution in [0.25, 0.3) is 0 Å². The molecule has 0 amide bonds. The summed E-state index contributed by atoms with van der Waals surface area (Å²) in [6, 6.07) is 1.98. The van der Waals surface area contributed by atoms with Gasteiger partial charge in [0.15, 0.2) is 0 Å². The highest BCUT2D eigenvalue weighted by Gasteiger charge is 2.24. The molecule has 0 aromatic carbocycles. The second-order valence-corrected chi connectivity index (χ2v) is 6.07. The Bertz CT molecular complexity index is 508. The van der Waals surface area contributed by atoms with Crippen LogP contribution in [0.2, 0.25) is 0 Å². The summed E-state index contributed by atoms with van der Waals surface area (Å²) in [6.45, 7) is 6.25. The Balaban J connectivity index is 2.29. The van der Waals surface area contributed by atoms with Crippen LogP contribution in [0.15, 0.2) is 28.3 Å². The number of nitrogens with one attached hydrogen (secondary N) is 1. The Labute approximate surface area is 113 Å². The van der Waals surface area contributed by atoms with Crippen molar-refractivity contribution in [1.29, 1.82) is 0 Å². The summed E-state index contributed by atoms with van der Waals surface area (Å²) in [4.78, 5) is 8.70. The predicted molar refractivity (Wildman–Crippen MR) is 75.4 cm³/mol. The van der Waals surface area contributed by atoms with Gasteiger partial charge in [0.25, 0.3) is 0 Å². The van der Waals surface area contributed by atoms with Crippen molar-refractivity contribution in [2.24, 2.45) is 0 Å². The zero-order chi connectivity index (χ0) is 12.5. The number of anilines is 1. The molecule has 3 nitrogen and oxygen atoms in total. The Morgan fingerprint density at radius 3 is 2.71 bits per heavy atom. The lowest BCUT2D eigenvalue weighted by Gasteiger charge is -2.25. The second-order valence-electron chi connectivity index (χ2n) is 4.38. The molecule has 0 aliphatic rings. The molecule has 0 saturated carbocycles. The van der Waals surface area contributed by atoms with Crippen molar-refractivity contribution in [3.8, 4) is 0 Å². The topological polar surface area (TPSA) is 37.8 Å². The Kier molecular flexibility index (Phi) is 3.49. The van der Waals surface area contributed by atoms with Gasteiger partial charge in [0.05, 0.1) is 10.0 Å². The summed E-state index contributed by atoms with van der Waals surface area (Å²) in [7, 11) is 0. The van der Waals surface area contributed by atoms with Gasteiger partial charge in [0.1, 0.15) is 10.8 Å². The highest BCUT2D eigenvalue weighted by Crippen LogP contribution is 2.31. The third-order valence-electron chi connectivity index (χ3n) is 2.48. The molecule has 5 heteroatoms. The van der Waals surface area contributed by atoms with Crippen molar-refractivity contribution >= 4 is 33.1 Å². The predicted octanol–water partition coefficient (Wildman–Crippen LogP) is 3.96. The molecule has 2 aromatic heterocycles. The number of nitrogens with zero attached hydrogens (tertiary/aromatic N) is 2. The Morgan fingerprint density at radius 2 is 2.06 bits per heavy atom. The molecule has 0 aliphatic carbocycles. The lowest BCUT2D eigenvalue weighted by atomic mass is 10.1. The van der Waals surface area contributed by atoms with Gasteiger partial charge in [-0.15, -0.1) is 11.3 Å². The van der Waals surface area contributed by atoms with E-state index >= 15 is 0 Å². The van der Waals surface area contributed by atoms with Crippen LogP contribution >= 0.6 is 27.3 Å². The highest BCUT2D eigenvalue weighted by molar-refractivity contribution is 9.10. The minimum absolute atomic E-state index is 0.225. The lowest BCUT2D eigenvalue weighted by molar-refractivity contribution is 0.600. The number of aromatic nitrogens is 2. The molecule has 0 aliphatic heterocycles. The summed E-state index contributed by atoms with van der Waals surface area (Å²) < 4.78 is 1.00. The van der Waals surface area contributed by atoms with Crippen LogP contribution in [0.1, 0.15) is 24.4 Å². The monoisotopic (exact) mass is 311 g/mol. The maximum atomic E-state index is 4.35. The third-order valence-corrected chi connectivity index (χ3v) is 4.58. The Hall–Kier alpha value is -0.940.